The van der Waals surface area contributed by atoms with Crippen LogP contribution in [0.3, 0.4) is 0 Å². The summed E-state index contributed by atoms with van der Waals surface area (Å²) in [4.78, 5) is 0. The van der Waals surface area contributed by atoms with Gasteiger partial charge in [0.25, 0.3) is 0 Å². The lowest BCUT2D eigenvalue weighted by atomic mass is 10.8. The van der Waals surface area contributed by atoms with Crippen LogP contribution in [0, 0.1) is 0 Å². The van der Waals surface area contributed by atoms with Crippen LogP contribution in [-0.4, -0.2) is 34.7 Å². The zero-order valence-corrected chi connectivity index (χ0v) is 7.91. The molecule has 0 atom stereocenters. The van der Waals surface area contributed by atoms with E-state index in [0.717, 1.165) is 13.2 Å². The molecule has 0 aromatic rings. The lowest BCUT2D eigenvalue weighted by molar-refractivity contribution is 0.362. The zero-order valence-electron chi connectivity index (χ0n) is 6.28. The van der Waals surface area contributed by atoms with Crippen molar-refractivity contribution < 1.29 is 16.8 Å². The van der Waals surface area contributed by atoms with E-state index in [2.05, 4.69) is 13.6 Å². The van der Waals surface area contributed by atoms with Crippen LogP contribution >= 0.6 is 12.2 Å². The Morgan fingerprint density at radius 3 is 2.25 bits per heavy atom. The van der Waals surface area contributed by atoms with E-state index in [1.807, 2.05) is 0 Å². The standard InChI is InChI=1S/C2H5NO3S.C2H5NOS/c4-7(5)3-1-2-6-7;1-2-4-5-3-1/h3H,1-2H2;3H,1-2H2. The Bertz CT molecular complexity index is 193. The van der Waals surface area contributed by atoms with Crippen LogP contribution in [-0.2, 0) is 18.7 Å². The summed E-state index contributed by atoms with van der Waals surface area (Å²) in [5, 5.41) is 0. The fourth-order valence-corrected chi connectivity index (χ4v) is 1.70. The number of rotatable bonds is 0. The molecule has 12 heavy (non-hydrogen) atoms. The van der Waals surface area contributed by atoms with E-state index in [1.54, 1.807) is 0 Å². The molecule has 0 bridgehead atoms. The highest BCUT2D eigenvalue weighted by molar-refractivity contribution is 7.92. The topological polar surface area (TPSA) is 76.7 Å². The smallest absolute Gasteiger partial charge is 0.300 e. The number of hydrogen-bond acceptors (Lipinski definition) is 6. The average Bonchev–Trinajstić information content (AvgIpc) is 2.60. The van der Waals surface area contributed by atoms with E-state index in [0.29, 0.717) is 6.54 Å². The average molecular weight is 214 g/mol. The molecule has 8 heteroatoms. The van der Waals surface area contributed by atoms with Gasteiger partial charge >= 0.3 is 10.3 Å². The summed E-state index contributed by atoms with van der Waals surface area (Å²) >= 11 is 1.32. The second-order valence-corrected chi connectivity index (χ2v) is 4.09. The first-order valence-corrected chi connectivity index (χ1v) is 5.51. The van der Waals surface area contributed by atoms with Gasteiger partial charge in [-0.2, -0.15) is 13.1 Å². The van der Waals surface area contributed by atoms with E-state index in [4.69, 9.17) is 4.18 Å². The maximum absolute atomic E-state index is 10.1. The van der Waals surface area contributed by atoms with Crippen LogP contribution in [0.1, 0.15) is 0 Å². The molecule has 0 aromatic heterocycles. The molecule has 0 saturated carbocycles. The van der Waals surface area contributed by atoms with E-state index < -0.39 is 10.3 Å². The van der Waals surface area contributed by atoms with Gasteiger partial charge in [-0.25, -0.2) is 4.72 Å². The lowest BCUT2D eigenvalue weighted by Gasteiger charge is -1.84. The maximum atomic E-state index is 10.1. The Labute approximate surface area is 75.6 Å². The number of nitrogens with one attached hydrogen (secondary N) is 2. The van der Waals surface area contributed by atoms with Gasteiger partial charge in [0, 0.05) is 13.1 Å². The van der Waals surface area contributed by atoms with Crippen LogP contribution < -0.4 is 9.44 Å². The molecule has 2 aliphatic heterocycles. The van der Waals surface area contributed by atoms with Crippen molar-refractivity contribution in [3.05, 3.63) is 0 Å². The third-order valence-corrected chi connectivity index (χ3v) is 2.67. The highest BCUT2D eigenvalue weighted by atomic mass is 32.2. The summed E-state index contributed by atoms with van der Waals surface area (Å²) in [5.74, 6) is 0. The molecule has 2 aliphatic rings. The van der Waals surface area contributed by atoms with Crippen molar-refractivity contribution >= 4 is 22.5 Å². The first kappa shape index (κ1) is 10.2. The number of hydrogen-bond donors (Lipinski definition) is 2. The lowest BCUT2D eigenvalue weighted by Crippen LogP contribution is -2.14. The van der Waals surface area contributed by atoms with Gasteiger partial charge in [-0.1, -0.05) is 0 Å². The van der Waals surface area contributed by atoms with Gasteiger partial charge < -0.3 is 0 Å². The SMILES string of the molecule is C1COSN1.O=S1(=O)NCCO1. The summed E-state index contributed by atoms with van der Waals surface area (Å²) in [5.41, 5.74) is 0. The molecule has 0 amide bonds. The van der Waals surface area contributed by atoms with Crippen LogP contribution in [0.5, 0.6) is 0 Å². The normalized spacial score (nSPS) is 26.3. The molecule has 72 valence electrons. The van der Waals surface area contributed by atoms with Gasteiger partial charge in [0.05, 0.1) is 25.4 Å². The van der Waals surface area contributed by atoms with Crippen molar-refractivity contribution in [2.45, 2.75) is 0 Å². The highest BCUT2D eigenvalue weighted by Gasteiger charge is 2.15. The van der Waals surface area contributed by atoms with E-state index in [9.17, 15) is 8.42 Å². The molecular formula is C4H10N2O4S2. The fraction of sp³-hybridized carbons (Fsp3) is 1.00. The minimum atomic E-state index is -3.30. The van der Waals surface area contributed by atoms with Crippen molar-refractivity contribution in [1.29, 1.82) is 0 Å². The van der Waals surface area contributed by atoms with E-state index in [-0.39, 0.29) is 6.61 Å². The largest absolute Gasteiger partial charge is 0.335 e. The van der Waals surface area contributed by atoms with Crippen LogP contribution in [0.15, 0.2) is 0 Å². The van der Waals surface area contributed by atoms with Gasteiger partial charge in [-0.3, -0.25) is 8.37 Å². The molecule has 0 aromatic carbocycles. The van der Waals surface area contributed by atoms with Gasteiger partial charge in [0.1, 0.15) is 0 Å². The predicted octanol–water partition coefficient (Wildman–Crippen LogP) is -0.980. The van der Waals surface area contributed by atoms with Crippen molar-refractivity contribution in [1.82, 2.24) is 9.44 Å². The molecule has 2 saturated heterocycles. The second kappa shape index (κ2) is 5.00. The van der Waals surface area contributed by atoms with Gasteiger partial charge in [-0.15, -0.1) is 0 Å². The van der Waals surface area contributed by atoms with E-state index in [1.165, 1.54) is 12.2 Å². The minimum Gasteiger partial charge on any atom is -0.300 e. The summed E-state index contributed by atoms with van der Waals surface area (Å²) < 4.78 is 34.2. The molecule has 2 fully saturated rings. The van der Waals surface area contributed by atoms with Crippen molar-refractivity contribution in [2.24, 2.45) is 0 Å². The molecule has 2 N–H and O–H groups in total. The minimum absolute atomic E-state index is 0.266. The Morgan fingerprint density at radius 1 is 1.25 bits per heavy atom. The van der Waals surface area contributed by atoms with Gasteiger partial charge in [0.15, 0.2) is 0 Å². The summed E-state index contributed by atoms with van der Waals surface area (Å²) in [6, 6.07) is 0. The third-order valence-electron chi connectivity index (χ3n) is 1.02. The van der Waals surface area contributed by atoms with Gasteiger partial charge in [0.2, 0.25) is 0 Å². The first-order chi connectivity index (χ1) is 5.71. The molecule has 0 unspecified atom stereocenters. The Hall–Kier alpha value is 0.140. The first-order valence-electron chi connectivity index (χ1n) is 3.36. The second-order valence-electron chi connectivity index (χ2n) is 1.97. The third kappa shape index (κ3) is 4.24. The van der Waals surface area contributed by atoms with Crippen LogP contribution in [0.25, 0.3) is 0 Å². The quantitative estimate of drug-likeness (QED) is 0.399. The molecule has 0 spiro atoms. The predicted molar refractivity (Wildman–Crippen MR) is 44.4 cm³/mol. The van der Waals surface area contributed by atoms with Crippen molar-refractivity contribution in [3.63, 3.8) is 0 Å². The molecule has 0 aliphatic carbocycles. The Balaban J connectivity index is 0.000000127. The maximum Gasteiger partial charge on any atom is 0.335 e. The van der Waals surface area contributed by atoms with Crippen LogP contribution in [0.4, 0.5) is 0 Å². The molecular weight excluding hydrogens is 204 g/mol. The summed E-state index contributed by atoms with van der Waals surface area (Å²) in [6.07, 6.45) is 0. The Morgan fingerprint density at radius 2 is 2.08 bits per heavy atom. The summed E-state index contributed by atoms with van der Waals surface area (Å²) in [6.45, 7) is 2.51. The molecule has 6 nitrogen and oxygen atoms in total. The monoisotopic (exact) mass is 214 g/mol. The highest BCUT2D eigenvalue weighted by Crippen LogP contribution is 1.99. The van der Waals surface area contributed by atoms with Gasteiger partial charge in [-0.05, 0) is 0 Å². The molecule has 2 heterocycles. The molecule has 2 rings (SSSR count). The molecule has 0 radical (unpaired) electrons. The van der Waals surface area contributed by atoms with Crippen molar-refractivity contribution in [2.75, 3.05) is 26.3 Å². The fourth-order valence-electron chi connectivity index (χ4n) is 0.568. The van der Waals surface area contributed by atoms with Crippen molar-refractivity contribution in [3.8, 4) is 0 Å². The van der Waals surface area contributed by atoms with E-state index >= 15 is 0 Å². The van der Waals surface area contributed by atoms with Crippen LogP contribution in [0.2, 0.25) is 0 Å². The zero-order chi connectivity index (χ0) is 8.86. The Kier molecular flexibility index (Phi) is 4.26. The summed E-state index contributed by atoms with van der Waals surface area (Å²) in [7, 11) is -3.30.